The molecule has 1 fully saturated rings. The molecule has 4 nitrogen and oxygen atoms in total. The first-order valence-electron chi connectivity index (χ1n) is 6.00. The summed E-state index contributed by atoms with van der Waals surface area (Å²) in [4.78, 5) is 0. The predicted molar refractivity (Wildman–Crippen MR) is 63.3 cm³/mol. The fourth-order valence-corrected chi connectivity index (χ4v) is 2.24. The van der Waals surface area contributed by atoms with Gasteiger partial charge in [-0.05, 0) is 27.7 Å². The van der Waals surface area contributed by atoms with Crippen molar-refractivity contribution in [1.82, 2.24) is 0 Å². The molecule has 0 spiro atoms. The quantitative estimate of drug-likeness (QED) is 0.759. The van der Waals surface area contributed by atoms with Crippen LogP contribution < -0.4 is 5.73 Å². The topological polar surface area (TPSA) is 64.7 Å². The van der Waals surface area contributed by atoms with Gasteiger partial charge in [-0.1, -0.05) is 0 Å². The molecule has 0 aromatic heterocycles. The van der Waals surface area contributed by atoms with Gasteiger partial charge in [0.15, 0.2) is 0 Å². The molecule has 4 heteroatoms. The van der Waals surface area contributed by atoms with Gasteiger partial charge < -0.3 is 20.3 Å². The number of aliphatic hydroxyl groups excluding tert-OH is 1. The summed E-state index contributed by atoms with van der Waals surface area (Å²) in [6, 6.07) is 0. The summed E-state index contributed by atoms with van der Waals surface area (Å²) in [6.45, 7) is 8.84. The Morgan fingerprint density at radius 1 is 1.44 bits per heavy atom. The minimum absolute atomic E-state index is 0.197. The predicted octanol–water partition coefficient (Wildman–Crippen LogP) is 1.06. The Labute approximate surface area is 98.1 Å². The summed E-state index contributed by atoms with van der Waals surface area (Å²) in [5, 5.41) is 9.49. The van der Waals surface area contributed by atoms with Gasteiger partial charge in [0.25, 0.3) is 0 Å². The molecule has 0 radical (unpaired) electrons. The number of aliphatic hydroxyl groups is 1. The molecule has 16 heavy (non-hydrogen) atoms. The summed E-state index contributed by atoms with van der Waals surface area (Å²) in [7, 11) is 0. The normalized spacial score (nSPS) is 33.4. The van der Waals surface area contributed by atoms with Crippen LogP contribution in [-0.4, -0.2) is 41.7 Å². The van der Waals surface area contributed by atoms with E-state index >= 15 is 0 Å². The van der Waals surface area contributed by atoms with Crippen molar-refractivity contribution in [2.45, 2.75) is 63.9 Å². The smallest absolute Gasteiger partial charge is 0.0858 e. The van der Waals surface area contributed by atoms with E-state index in [1.807, 2.05) is 20.8 Å². The molecule has 1 heterocycles. The first-order chi connectivity index (χ1) is 7.30. The molecule has 0 saturated carbocycles. The van der Waals surface area contributed by atoms with Crippen LogP contribution in [0, 0.1) is 0 Å². The minimum Gasteiger partial charge on any atom is -0.391 e. The molecular formula is C12H25NO3. The van der Waals surface area contributed by atoms with Gasteiger partial charge in [0, 0.05) is 19.4 Å². The molecule has 0 amide bonds. The van der Waals surface area contributed by atoms with E-state index in [4.69, 9.17) is 15.2 Å². The molecule has 1 saturated heterocycles. The molecule has 3 N–H and O–H groups in total. The average Bonchev–Trinajstić information content (AvgIpc) is 2.16. The summed E-state index contributed by atoms with van der Waals surface area (Å²) in [6.07, 6.45) is 0.893. The molecule has 1 aliphatic rings. The van der Waals surface area contributed by atoms with Crippen molar-refractivity contribution in [3.05, 3.63) is 0 Å². The maximum absolute atomic E-state index is 9.49. The van der Waals surface area contributed by atoms with E-state index in [9.17, 15) is 5.11 Å². The van der Waals surface area contributed by atoms with E-state index in [-0.39, 0.29) is 17.3 Å². The number of nitrogens with two attached hydrogens (primary N) is 1. The Kier molecular flexibility index (Phi) is 4.35. The van der Waals surface area contributed by atoms with Crippen LogP contribution in [-0.2, 0) is 9.47 Å². The first kappa shape index (κ1) is 13.9. The average molecular weight is 231 g/mol. The Hall–Kier alpha value is -0.160. The molecule has 3 unspecified atom stereocenters. The second kappa shape index (κ2) is 5.00. The van der Waals surface area contributed by atoms with Gasteiger partial charge in [-0.3, -0.25) is 0 Å². The van der Waals surface area contributed by atoms with Crippen LogP contribution in [0.1, 0.15) is 40.5 Å². The number of hydrogen-bond donors (Lipinski definition) is 2. The van der Waals surface area contributed by atoms with Crippen LogP contribution >= 0.6 is 0 Å². The molecule has 1 aliphatic heterocycles. The van der Waals surface area contributed by atoms with Crippen molar-refractivity contribution in [3.63, 3.8) is 0 Å². The molecule has 96 valence electrons. The van der Waals surface area contributed by atoms with Crippen LogP contribution in [0.4, 0.5) is 0 Å². The lowest BCUT2D eigenvalue weighted by molar-refractivity contribution is -0.195. The highest BCUT2D eigenvalue weighted by atomic mass is 16.5. The van der Waals surface area contributed by atoms with Gasteiger partial charge >= 0.3 is 0 Å². The van der Waals surface area contributed by atoms with Crippen molar-refractivity contribution in [2.24, 2.45) is 5.73 Å². The zero-order chi connectivity index (χ0) is 12.4. The number of hydrogen-bond acceptors (Lipinski definition) is 4. The van der Waals surface area contributed by atoms with Crippen molar-refractivity contribution in [3.8, 4) is 0 Å². The van der Waals surface area contributed by atoms with Crippen molar-refractivity contribution >= 4 is 0 Å². The van der Waals surface area contributed by atoms with E-state index < -0.39 is 6.10 Å². The van der Waals surface area contributed by atoms with Gasteiger partial charge in [-0.2, -0.15) is 0 Å². The summed E-state index contributed by atoms with van der Waals surface area (Å²) in [5.41, 5.74) is 5.30. The zero-order valence-corrected chi connectivity index (χ0v) is 10.8. The van der Waals surface area contributed by atoms with E-state index in [0.717, 1.165) is 12.8 Å². The summed E-state index contributed by atoms with van der Waals surface area (Å²) < 4.78 is 11.6. The molecule has 0 bridgehead atoms. The Balaban J connectivity index is 2.69. The van der Waals surface area contributed by atoms with E-state index in [1.165, 1.54) is 0 Å². The number of ether oxygens (including phenoxy) is 2. The van der Waals surface area contributed by atoms with Gasteiger partial charge in [0.05, 0.1) is 30.0 Å². The lowest BCUT2D eigenvalue weighted by Gasteiger charge is -2.45. The van der Waals surface area contributed by atoms with Gasteiger partial charge in [-0.25, -0.2) is 0 Å². The standard InChI is InChI=1S/C12H25NO3/c1-9(14)10(2)16-12(8-13)5-6-15-11(3,4)7-12/h9-10,14H,5-8,13H2,1-4H3. The Morgan fingerprint density at radius 3 is 2.50 bits per heavy atom. The van der Waals surface area contributed by atoms with E-state index in [1.54, 1.807) is 6.92 Å². The lowest BCUT2D eigenvalue weighted by Crippen LogP contribution is -2.54. The van der Waals surface area contributed by atoms with Gasteiger partial charge in [0.1, 0.15) is 0 Å². The van der Waals surface area contributed by atoms with Gasteiger partial charge in [0.2, 0.25) is 0 Å². The second-order valence-electron chi connectivity index (χ2n) is 5.49. The highest BCUT2D eigenvalue weighted by molar-refractivity contribution is 4.93. The van der Waals surface area contributed by atoms with Crippen molar-refractivity contribution < 1.29 is 14.6 Å². The largest absolute Gasteiger partial charge is 0.391 e. The van der Waals surface area contributed by atoms with Crippen molar-refractivity contribution in [2.75, 3.05) is 13.2 Å². The van der Waals surface area contributed by atoms with E-state index in [2.05, 4.69) is 0 Å². The Bertz CT molecular complexity index is 230. The fraction of sp³-hybridized carbons (Fsp3) is 1.00. The van der Waals surface area contributed by atoms with Crippen molar-refractivity contribution in [1.29, 1.82) is 0 Å². The van der Waals surface area contributed by atoms with Crippen LogP contribution in [0.15, 0.2) is 0 Å². The SMILES string of the molecule is CC(O)C(C)OC1(CN)CCOC(C)(C)C1. The third-order valence-electron chi connectivity index (χ3n) is 3.29. The summed E-state index contributed by atoms with van der Waals surface area (Å²) >= 11 is 0. The fourth-order valence-electron chi connectivity index (χ4n) is 2.24. The molecule has 1 rings (SSSR count). The van der Waals surface area contributed by atoms with E-state index in [0.29, 0.717) is 13.2 Å². The highest BCUT2D eigenvalue weighted by Crippen LogP contribution is 2.35. The van der Waals surface area contributed by atoms with Crippen LogP contribution in [0.3, 0.4) is 0 Å². The maximum Gasteiger partial charge on any atom is 0.0858 e. The molecule has 0 aromatic rings. The minimum atomic E-state index is -0.477. The third-order valence-corrected chi connectivity index (χ3v) is 3.29. The van der Waals surface area contributed by atoms with Gasteiger partial charge in [-0.15, -0.1) is 0 Å². The summed E-state index contributed by atoms with van der Waals surface area (Å²) in [5.74, 6) is 0. The molecular weight excluding hydrogens is 206 g/mol. The zero-order valence-electron chi connectivity index (χ0n) is 10.8. The van der Waals surface area contributed by atoms with Crippen LogP contribution in [0.2, 0.25) is 0 Å². The number of rotatable bonds is 4. The third kappa shape index (κ3) is 3.42. The van der Waals surface area contributed by atoms with Crippen LogP contribution in [0.5, 0.6) is 0 Å². The Morgan fingerprint density at radius 2 is 2.06 bits per heavy atom. The molecule has 0 aliphatic carbocycles. The molecule has 3 atom stereocenters. The van der Waals surface area contributed by atoms with Crippen LogP contribution in [0.25, 0.3) is 0 Å². The monoisotopic (exact) mass is 231 g/mol. The second-order valence-corrected chi connectivity index (χ2v) is 5.49. The molecule has 0 aromatic carbocycles. The lowest BCUT2D eigenvalue weighted by atomic mass is 9.84. The highest BCUT2D eigenvalue weighted by Gasteiger charge is 2.42. The maximum atomic E-state index is 9.49. The first-order valence-corrected chi connectivity index (χ1v) is 6.00.